The largest absolute Gasteiger partial charge is 0.459 e. The molecule has 0 saturated heterocycles. The van der Waals surface area contributed by atoms with E-state index in [2.05, 4.69) is 56.2 Å². The van der Waals surface area contributed by atoms with Gasteiger partial charge in [-0.3, -0.25) is 0 Å². The van der Waals surface area contributed by atoms with Crippen molar-refractivity contribution >= 4 is 48.5 Å². The quantitative estimate of drug-likeness (QED) is 0.577. The van der Waals surface area contributed by atoms with Crippen LogP contribution in [0.3, 0.4) is 0 Å². The molecule has 4 heteroatoms. The third-order valence-corrected chi connectivity index (χ3v) is 4.36. The molecule has 0 radical (unpaired) electrons. The van der Waals surface area contributed by atoms with Gasteiger partial charge in [-0.1, -0.05) is 34.1 Å². The van der Waals surface area contributed by atoms with E-state index in [0.717, 1.165) is 31.4 Å². The highest BCUT2D eigenvalue weighted by Gasteiger charge is 2.12. The van der Waals surface area contributed by atoms with Crippen LogP contribution in [0.5, 0.6) is 0 Å². The van der Waals surface area contributed by atoms with Crippen molar-refractivity contribution in [1.29, 1.82) is 0 Å². The van der Waals surface area contributed by atoms with Crippen molar-refractivity contribution in [2.45, 2.75) is 13.0 Å². The van der Waals surface area contributed by atoms with Gasteiger partial charge < -0.3 is 9.73 Å². The maximum Gasteiger partial charge on any atom is 0.134 e. The fourth-order valence-corrected chi connectivity index (χ4v) is 2.85. The maximum atomic E-state index is 5.88. The second kappa shape index (κ2) is 5.62. The number of para-hydroxylation sites is 1. The Hall–Kier alpha value is -1.26. The summed E-state index contributed by atoms with van der Waals surface area (Å²) in [5.74, 6) is 0.929. The Morgan fingerprint density at radius 3 is 2.65 bits per heavy atom. The average Bonchev–Trinajstić information content (AvgIpc) is 2.87. The minimum absolute atomic E-state index is 0.0907. The van der Waals surface area contributed by atoms with Gasteiger partial charge in [0.25, 0.3) is 0 Å². The van der Waals surface area contributed by atoms with Crippen LogP contribution in [0.15, 0.2) is 61.9 Å². The Balaban J connectivity index is 1.88. The summed E-state index contributed by atoms with van der Waals surface area (Å²) >= 11 is 7.04. The molecule has 0 bridgehead atoms. The molecule has 3 aromatic rings. The first kappa shape index (κ1) is 13.7. The topological polar surface area (TPSA) is 25.2 Å². The van der Waals surface area contributed by atoms with Crippen LogP contribution in [-0.4, -0.2) is 0 Å². The fraction of sp³-hybridized carbons (Fsp3) is 0.125. The zero-order valence-corrected chi connectivity index (χ0v) is 14.0. The Morgan fingerprint density at radius 1 is 1.05 bits per heavy atom. The maximum absolute atomic E-state index is 5.88. The van der Waals surface area contributed by atoms with Crippen LogP contribution in [0, 0.1) is 0 Å². The molecule has 1 atom stereocenters. The predicted molar refractivity (Wildman–Crippen MR) is 90.1 cm³/mol. The van der Waals surface area contributed by atoms with Crippen LogP contribution < -0.4 is 5.32 Å². The smallest absolute Gasteiger partial charge is 0.134 e. The van der Waals surface area contributed by atoms with Crippen molar-refractivity contribution in [1.82, 2.24) is 0 Å². The first-order valence-corrected chi connectivity index (χ1v) is 7.92. The number of rotatable bonds is 3. The molecule has 1 aromatic heterocycles. The normalized spacial score (nSPS) is 12.6. The van der Waals surface area contributed by atoms with Crippen molar-refractivity contribution in [3.63, 3.8) is 0 Å². The van der Waals surface area contributed by atoms with Gasteiger partial charge in [-0.25, -0.2) is 0 Å². The predicted octanol–water partition coefficient (Wildman–Crippen LogP) is 6.13. The van der Waals surface area contributed by atoms with E-state index in [9.17, 15) is 0 Å². The molecule has 0 amide bonds. The van der Waals surface area contributed by atoms with Gasteiger partial charge in [0.15, 0.2) is 0 Å². The summed E-state index contributed by atoms with van der Waals surface area (Å²) in [6.45, 7) is 2.09. The lowest BCUT2D eigenvalue weighted by Gasteiger charge is -2.14. The van der Waals surface area contributed by atoms with Crippen molar-refractivity contribution < 1.29 is 4.42 Å². The first-order valence-electron chi connectivity index (χ1n) is 6.33. The molecule has 0 aliphatic rings. The lowest BCUT2D eigenvalue weighted by atomic mass is 10.2. The summed E-state index contributed by atoms with van der Waals surface area (Å²) in [4.78, 5) is 0. The molecule has 0 aliphatic heterocycles. The lowest BCUT2D eigenvalue weighted by Crippen LogP contribution is -2.05. The van der Waals surface area contributed by atoms with Gasteiger partial charge in [0.2, 0.25) is 0 Å². The fourth-order valence-electron chi connectivity index (χ4n) is 2.13. The van der Waals surface area contributed by atoms with Gasteiger partial charge >= 0.3 is 0 Å². The standard InChI is InChI=1S/C16H13Br2NO/c1-10(19-14-9-12(17)6-7-13(14)18)16-8-11-4-2-3-5-15(11)20-16/h2-10,19H,1H3. The van der Waals surface area contributed by atoms with Gasteiger partial charge in [-0.2, -0.15) is 0 Å². The van der Waals surface area contributed by atoms with Crippen molar-refractivity contribution in [3.05, 3.63) is 63.2 Å². The summed E-state index contributed by atoms with van der Waals surface area (Å²) in [7, 11) is 0. The third-order valence-electron chi connectivity index (χ3n) is 3.17. The zero-order valence-electron chi connectivity index (χ0n) is 10.9. The van der Waals surface area contributed by atoms with Gasteiger partial charge in [0, 0.05) is 14.3 Å². The second-order valence-corrected chi connectivity index (χ2v) is 6.45. The SMILES string of the molecule is CC(Nc1cc(Br)ccc1Br)c1cc2ccccc2o1. The molecule has 0 fully saturated rings. The highest BCUT2D eigenvalue weighted by atomic mass is 79.9. The van der Waals surface area contributed by atoms with Crippen LogP contribution in [0.4, 0.5) is 5.69 Å². The number of hydrogen-bond acceptors (Lipinski definition) is 2. The van der Waals surface area contributed by atoms with Crippen molar-refractivity contribution in [3.8, 4) is 0 Å². The van der Waals surface area contributed by atoms with E-state index in [1.807, 2.05) is 36.4 Å². The molecule has 0 aliphatic carbocycles. The molecule has 1 N–H and O–H groups in total. The van der Waals surface area contributed by atoms with E-state index in [0.29, 0.717) is 0 Å². The Bertz CT molecular complexity index is 718. The molecule has 3 rings (SSSR count). The molecule has 1 unspecified atom stereocenters. The molecule has 2 nitrogen and oxygen atoms in total. The van der Waals surface area contributed by atoms with E-state index in [1.54, 1.807) is 0 Å². The Labute approximate surface area is 134 Å². The van der Waals surface area contributed by atoms with E-state index in [-0.39, 0.29) is 6.04 Å². The van der Waals surface area contributed by atoms with E-state index in [1.165, 1.54) is 0 Å². The number of furan rings is 1. The summed E-state index contributed by atoms with van der Waals surface area (Å²) in [6.07, 6.45) is 0. The molecule has 0 spiro atoms. The number of benzene rings is 2. The highest BCUT2D eigenvalue weighted by molar-refractivity contribution is 9.11. The number of fused-ring (bicyclic) bond motifs is 1. The molecule has 20 heavy (non-hydrogen) atoms. The minimum atomic E-state index is 0.0907. The van der Waals surface area contributed by atoms with Gasteiger partial charge in [-0.05, 0) is 53.2 Å². The summed E-state index contributed by atoms with van der Waals surface area (Å²) in [6, 6.07) is 16.3. The molecule has 0 saturated carbocycles. The van der Waals surface area contributed by atoms with Crippen LogP contribution in [0.1, 0.15) is 18.7 Å². The summed E-state index contributed by atoms with van der Waals surface area (Å²) in [5.41, 5.74) is 1.96. The average molecular weight is 395 g/mol. The van der Waals surface area contributed by atoms with Crippen molar-refractivity contribution in [2.75, 3.05) is 5.32 Å². The van der Waals surface area contributed by atoms with Crippen LogP contribution in [-0.2, 0) is 0 Å². The number of halogens is 2. The monoisotopic (exact) mass is 393 g/mol. The van der Waals surface area contributed by atoms with E-state index < -0.39 is 0 Å². The third kappa shape index (κ3) is 2.76. The highest BCUT2D eigenvalue weighted by Crippen LogP contribution is 2.31. The van der Waals surface area contributed by atoms with E-state index >= 15 is 0 Å². The van der Waals surface area contributed by atoms with Gasteiger partial charge in [-0.15, -0.1) is 0 Å². The molecule has 102 valence electrons. The van der Waals surface area contributed by atoms with Gasteiger partial charge in [0.1, 0.15) is 11.3 Å². The van der Waals surface area contributed by atoms with Crippen LogP contribution in [0.25, 0.3) is 11.0 Å². The Kier molecular flexibility index (Phi) is 3.85. The number of hydrogen-bond donors (Lipinski definition) is 1. The van der Waals surface area contributed by atoms with Crippen LogP contribution in [0.2, 0.25) is 0 Å². The summed E-state index contributed by atoms with van der Waals surface area (Å²) < 4.78 is 7.96. The zero-order chi connectivity index (χ0) is 14.1. The molecular formula is C16H13Br2NO. The molecule has 1 heterocycles. The van der Waals surface area contributed by atoms with Crippen molar-refractivity contribution in [2.24, 2.45) is 0 Å². The Morgan fingerprint density at radius 2 is 1.85 bits per heavy atom. The summed E-state index contributed by atoms with van der Waals surface area (Å²) in [5, 5.41) is 4.59. The minimum Gasteiger partial charge on any atom is -0.459 e. The number of nitrogens with one attached hydrogen (secondary N) is 1. The second-order valence-electron chi connectivity index (χ2n) is 4.68. The number of anilines is 1. The van der Waals surface area contributed by atoms with Gasteiger partial charge in [0.05, 0.1) is 11.7 Å². The van der Waals surface area contributed by atoms with E-state index in [4.69, 9.17) is 4.42 Å². The molecule has 2 aromatic carbocycles. The lowest BCUT2D eigenvalue weighted by molar-refractivity contribution is 0.526. The molecular weight excluding hydrogens is 382 g/mol. The first-order chi connectivity index (χ1) is 9.63. The van der Waals surface area contributed by atoms with Crippen LogP contribution >= 0.6 is 31.9 Å².